The standard InChI is InChI=1S/C12H20N2O/c1-2-10-11(7-8-13)15-12(14-10)9-5-3-4-6-9/h9H,2-8,13H2,1H3. The Morgan fingerprint density at radius 2 is 2.13 bits per heavy atom. The van der Waals surface area contributed by atoms with E-state index in [1.54, 1.807) is 0 Å². The van der Waals surface area contributed by atoms with Crippen molar-refractivity contribution in [1.82, 2.24) is 4.98 Å². The first-order valence-corrected chi connectivity index (χ1v) is 6.03. The largest absolute Gasteiger partial charge is 0.445 e. The summed E-state index contributed by atoms with van der Waals surface area (Å²) in [7, 11) is 0. The van der Waals surface area contributed by atoms with Crippen LogP contribution in [0.4, 0.5) is 0 Å². The van der Waals surface area contributed by atoms with Gasteiger partial charge in [0.25, 0.3) is 0 Å². The molecule has 0 bridgehead atoms. The van der Waals surface area contributed by atoms with Crippen LogP contribution < -0.4 is 5.73 Å². The summed E-state index contributed by atoms with van der Waals surface area (Å²) >= 11 is 0. The molecule has 1 aliphatic carbocycles. The highest BCUT2D eigenvalue weighted by atomic mass is 16.4. The van der Waals surface area contributed by atoms with Gasteiger partial charge in [-0.1, -0.05) is 19.8 Å². The maximum Gasteiger partial charge on any atom is 0.197 e. The van der Waals surface area contributed by atoms with Crippen LogP contribution in [-0.4, -0.2) is 11.5 Å². The van der Waals surface area contributed by atoms with Crippen molar-refractivity contribution < 1.29 is 4.42 Å². The fourth-order valence-corrected chi connectivity index (χ4v) is 2.35. The predicted molar refractivity (Wildman–Crippen MR) is 59.8 cm³/mol. The lowest BCUT2D eigenvalue weighted by molar-refractivity contribution is 0.419. The molecule has 0 amide bonds. The van der Waals surface area contributed by atoms with Crippen LogP contribution in [0.15, 0.2) is 4.42 Å². The highest BCUT2D eigenvalue weighted by Crippen LogP contribution is 2.34. The molecule has 84 valence electrons. The molecule has 0 radical (unpaired) electrons. The second kappa shape index (κ2) is 4.79. The SMILES string of the molecule is CCc1nc(C2CCCC2)oc1CCN. The highest BCUT2D eigenvalue weighted by molar-refractivity contribution is 5.12. The van der Waals surface area contributed by atoms with Crippen LogP contribution in [0.3, 0.4) is 0 Å². The Labute approximate surface area is 91.1 Å². The lowest BCUT2D eigenvalue weighted by Gasteiger charge is -2.01. The number of nitrogens with two attached hydrogens (primary N) is 1. The molecule has 3 heteroatoms. The van der Waals surface area contributed by atoms with Crippen LogP contribution in [-0.2, 0) is 12.8 Å². The van der Waals surface area contributed by atoms with Crippen molar-refractivity contribution in [2.75, 3.05) is 6.54 Å². The smallest absolute Gasteiger partial charge is 0.197 e. The van der Waals surface area contributed by atoms with E-state index in [2.05, 4.69) is 11.9 Å². The first-order chi connectivity index (χ1) is 7.35. The zero-order valence-corrected chi connectivity index (χ0v) is 9.46. The minimum atomic E-state index is 0.571. The van der Waals surface area contributed by atoms with Crippen LogP contribution in [0.2, 0.25) is 0 Å². The summed E-state index contributed by atoms with van der Waals surface area (Å²) < 4.78 is 5.84. The van der Waals surface area contributed by atoms with Gasteiger partial charge in [0.2, 0.25) is 0 Å². The van der Waals surface area contributed by atoms with Gasteiger partial charge in [0.15, 0.2) is 5.89 Å². The number of oxazole rings is 1. The summed E-state index contributed by atoms with van der Waals surface area (Å²) in [4.78, 5) is 4.61. The molecular weight excluding hydrogens is 188 g/mol. The van der Waals surface area contributed by atoms with Crippen LogP contribution in [0, 0.1) is 0 Å². The average Bonchev–Trinajstić information content (AvgIpc) is 2.84. The zero-order valence-electron chi connectivity index (χ0n) is 9.46. The van der Waals surface area contributed by atoms with Gasteiger partial charge in [0, 0.05) is 12.3 Å². The molecule has 1 aromatic rings. The van der Waals surface area contributed by atoms with Gasteiger partial charge in [0.1, 0.15) is 5.76 Å². The van der Waals surface area contributed by atoms with E-state index >= 15 is 0 Å². The number of nitrogens with zero attached hydrogens (tertiary/aromatic N) is 1. The maximum absolute atomic E-state index is 5.84. The topological polar surface area (TPSA) is 52.0 Å². The molecule has 1 aromatic heterocycles. The summed E-state index contributed by atoms with van der Waals surface area (Å²) in [6, 6.07) is 0. The zero-order chi connectivity index (χ0) is 10.7. The fraction of sp³-hybridized carbons (Fsp3) is 0.750. The van der Waals surface area contributed by atoms with Gasteiger partial charge < -0.3 is 10.2 Å². The Kier molecular flexibility index (Phi) is 3.41. The molecule has 0 atom stereocenters. The summed E-state index contributed by atoms with van der Waals surface area (Å²) in [6.45, 7) is 2.77. The van der Waals surface area contributed by atoms with Crippen molar-refractivity contribution in [3.05, 3.63) is 17.3 Å². The molecule has 0 unspecified atom stereocenters. The van der Waals surface area contributed by atoms with Gasteiger partial charge in [-0.2, -0.15) is 0 Å². The average molecular weight is 208 g/mol. The molecule has 0 aliphatic heterocycles. The number of aryl methyl sites for hydroxylation is 1. The van der Waals surface area contributed by atoms with E-state index < -0.39 is 0 Å². The molecule has 0 saturated heterocycles. The van der Waals surface area contributed by atoms with E-state index in [4.69, 9.17) is 10.2 Å². The third-order valence-electron chi connectivity index (χ3n) is 3.21. The van der Waals surface area contributed by atoms with Crippen molar-refractivity contribution in [2.45, 2.75) is 51.4 Å². The van der Waals surface area contributed by atoms with Gasteiger partial charge in [-0.05, 0) is 25.8 Å². The van der Waals surface area contributed by atoms with E-state index in [0.29, 0.717) is 12.5 Å². The highest BCUT2D eigenvalue weighted by Gasteiger charge is 2.23. The van der Waals surface area contributed by atoms with Crippen molar-refractivity contribution in [2.24, 2.45) is 5.73 Å². The molecule has 1 heterocycles. The van der Waals surface area contributed by atoms with Gasteiger partial charge in [-0.25, -0.2) is 4.98 Å². The van der Waals surface area contributed by atoms with Crippen molar-refractivity contribution in [3.63, 3.8) is 0 Å². The summed E-state index contributed by atoms with van der Waals surface area (Å²) in [5.41, 5.74) is 6.67. The number of rotatable bonds is 4. The first kappa shape index (κ1) is 10.7. The van der Waals surface area contributed by atoms with Crippen molar-refractivity contribution in [3.8, 4) is 0 Å². The summed E-state index contributed by atoms with van der Waals surface area (Å²) in [6.07, 6.45) is 6.90. The Morgan fingerprint density at radius 3 is 2.73 bits per heavy atom. The van der Waals surface area contributed by atoms with Gasteiger partial charge in [-0.15, -0.1) is 0 Å². The van der Waals surface area contributed by atoms with E-state index in [-0.39, 0.29) is 0 Å². The van der Waals surface area contributed by atoms with Gasteiger partial charge in [0.05, 0.1) is 5.69 Å². The molecule has 3 nitrogen and oxygen atoms in total. The van der Waals surface area contributed by atoms with E-state index in [9.17, 15) is 0 Å². The molecule has 0 spiro atoms. The lowest BCUT2D eigenvalue weighted by atomic mass is 10.1. The predicted octanol–water partition coefficient (Wildman–Crippen LogP) is 2.40. The molecule has 1 aliphatic rings. The molecule has 1 saturated carbocycles. The second-order valence-corrected chi connectivity index (χ2v) is 4.30. The van der Waals surface area contributed by atoms with Gasteiger partial charge in [-0.3, -0.25) is 0 Å². The van der Waals surface area contributed by atoms with Crippen LogP contribution in [0.25, 0.3) is 0 Å². The van der Waals surface area contributed by atoms with Crippen LogP contribution >= 0.6 is 0 Å². The maximum atomic E-state index is 5.84. The van der Waals surface area contributed by atoms with Crippen LogP contribution in [0.5, 0.6) is 0 Å². The normalized spacial score (nSPS) is 17.5. The van der Waals surface area contributed by atoms with E-state index in [1.807, 2.05) is 0 Å². The fourth-order valence-electron chi connectivity index (χ4n) is 2.35. The van der Waals surface area contributed by atoms with Gasteiger partial charge >= 0.3 is 0 Å². The third kappa shape index (κ3) is 2.23. The Hall–Kier alpha value is -0.830. The second-order valence-electron chi connectivity index (χ2n) is 4.30. The van der Waals surface area contributed by atoms with Crippen LogP contribution in [0.1, 0.15) is 55.9 Å². The molecule has 1 fully saturated rings. The summed E-state index contributed by atoms with van der Waals surface area (Å²) in [5.74, 6) is 2.55. The minimum Gasteiger partial charge on any atom is -0.445 e. The quantitative estimate of drug-likeness (QED) is 0.826. The Balaban J connectivity index is 2.17. The van der Waals surface area contributed by atoms with Crippen molar-refractivity contribution in [1.29, 1.82) is 0 Å². The van der Waals surface area contributed by atoms with Crippen molar-refractivity contribution >= 4 is 0 Å². The van der Waals surface area contributed by atoms with E-state index in [0.717, 1.165) is 30.2 Å². The number of aromatic nitrogens is 1. The summed E-state index contributed by atoms with van der Waals surface area (Å²) in [5, 5.41) is 0. The third-order valence-corrected chi connectivity index (χ3v) is 3.21. The van der Waals surface area contributed by atoms with E-state index in [1.165, 1.54) is 25.7 Å². The Bertz CT molecular complexity index is 313. The molecule has 2 rings (SSSR count). The molecule has 0 aromatic carbocycles. The monoisotopic (exact) mass is 208 g/mol. The molecule has 2 N–H and O–H groups in total. The number of hydrogen-bond acceptors (Lipinski definition) is 3. The molecular formula is C12H20N2O. The minimum absolute atomic E-state index is 0.571. The molecule has 15 heavy (non-hydrogen) atoms. The Morgan fingerprint density at radius 1 is 1.40 bits per heavy atom. The number of hydrogen-bond donors (Lipinski definition) is 1. The first-order valence-electron chi connectivity index (χ1n) is 6.03. The lowest BCUT2D eigenvalue weighted by Crippen LogP contribution is -2.03.